The van der Waals surface area contributed by atoms with E-state index in [1.165, 1.54) is 26.4 Å². The van der Waals surface area contributed by atoms with Crippen LogP contribution in [0.5, 0.6) is 0 Å². The second kappa shape index (κ2) is 5.95. The summed E-state index contributed by atoms with van der Waals surface area (Å²) in [7, 11) is 0. The van der Waals surface area contributed by atoms with Crippen molar-refractivity contribution in [2.75, 3.05) is 5.32 Å². The molecule has 0 aliphatic heterocycles. The van der Waals surface area contributed by atoms with Crippen molar-refractivity contribution in [2.45, 2.75) is 26.2 Å². The Labute approximate surface area is 143 Å². The second-order valence-electron chi connectivity index (χ2n) is 5.73. The monoisotopic (exact) mass is 339 g/mol. The molecular weight excluding hydrogens is 322 g/mol. The van der Waals surface area contributed by atoms with Gasteiger partial charge in [0, 0.05) is 21.0 Å². The zero-order chi connectivity index (χ0) is 15.8. The fourth-order valence-corrected chi connectivity index (χ4v) is 5.06. The van der Waals surface area contributed by atoms with Crippen LogP contribution in [0.25, 0.3) is 10.4 Å². The van der Waals surface area contributed by atoms with Crippen molar-refractivity contribution in [3.05, 3.63) is 62.7 Å². The highest BCUT2D eigenvalue weighted by Gasteiger charge is 2.22. The molecule has 0 saturated carbocycles. The number of fused-ring (bicyclic) bond motifs is 3. The van der Waals surface area contributed by atoms with Crippen molar-refractivity contribution in [1.29, 1.82) is 0 Å². The predicted molar refractivity (Wildman–Crippen MR) is 98.8 cm³/mol. The molecule has 2 aromatic heterocycles. The van der Waals surface area contributed by atoms with Gasteiger partial charge in [-0.25, -0.2) is 0 Å². The summed E-state index contributed by atoms with van der Waals surface area (Å²) in [6.07, 6.45) is 3.14. The third-order valence-corrected chi connectivity index (χ3v) is 6.45. The lowest BCUT2D eigenvalue weighted by Gasteiger charge is -2.10. The van der Waals surface area contributed by atoms with Gasteiger partial charge in [-0.3, -0.25) is 4.79 Å². The van der Waals surface area contributed by atoms with E-state index < -0.39 is 0 Å². The third kappa shape index (κ3) is 2.73. The topological polar surface area (TPSA) is 29.1 Å². The van der Waals surface area contributed by atoms with Gasteiger partial charge in [0.2, 0.25) is 0 Å². The van der Waals surface area contributed by atoms with Gasteiger partial charge in [-0.2, -0.15) is 0 Å². The average molecular weight is 339 g/mol. The number of aryl methyl sites for hydroxylation is 3. The van der Waals surface area contributed by atoms with Crippen LogP contribution >= 0.6 is 22.7 Å². The molecule has 0 fully saturated rings. The van der Waals surface area contributed by atoms with Gasteiger partial charge < -0.3 is 5.32 Å². The second-order valence-corrected chi connectivity index (χ2v) is 7.78. The van der Waals surface area contributed by atoms with Crippen LogP contribution in [0.1, 0.15) is 32.6 Å². The Morgan fingerprint density at radius 2 is 2.00 bits per heavy atom. The number of hydrogen-bond donors (Lipinski definition) is 1. The van der Waals surface area contributed by atoms with Crippen LogP contribution in [0.15, 0.2) is 41.8 Å². The number of thiophene rings is 2. The highest BCUT2D eigenvalue weighted by Crippen LogP contribution is 2.41. The smallest absolute Gasteiger partial charge is 0.265 e. The lowest BCUT2D eigenvalue weighted by molar-refractivity contribution is 0.103. The van der Waals surface area contributed by atoms with Crippen molar-refractivity contribution < 1.29 is 4.79 Å². The van der Waals surface area contributed by atoms with Gasteiger partial charge >= 0.3 is 0 Å². The van der Waals surface area contributed by atoms with E-state index in [4.69, 9.17) is 0 Å². The average Bonchev–Trinajstić information content (AvgIpc) is 3.21. The first-order chi connectivity index (χ1) is 11.2. The van der Waals surface area contributed by atoms with Crippen LogP contribution in [0.2, 0.25) is 0 Å². The Morgan fingerprint density at radius 1 is 1.17 bits per heavy atom. The van der Waals surface area contributed by atoms with Crippen molar-refractivity contribution in [1.82, 2.24) is 0 Å². The van der Waals surface area contributed by atoms with Crippen LogP contribution in [-0.2, 0) is 19.3 Å². The Balaban J connectivity index is 1.58. The first-order valence-corrected chi connectivity index (χ1v) is 9.54. The lowest BCUT2D eigenvalue weighted by Crippen LogP contribution is -2.10. The van der Waals surface area contributed by atoms with Crippen molar-refractivity contribution in [3.8, 4) is 10.4 Å². The molecule has 3 aromatic rings. The number of amides is 1. The van der Waals surface area contributed by atoms with Crippen LogP contribution in [0, 0.1) is 0 Å². The van der Waals surface area contributed by atoms with Gasteiger partial charge in [0.1, 0.15) is 0 Å². The molecule has 116 valence electrons. The van der Waals surface area contributed by atoms with Gasteiger partial charge in [0.05, 0.1) is 4.88 Å². The molecule has 0 saturated heterocycles. The van der Waals surface area contributed by atoms with E-state index in [1.807, 2.05) is 23.5 Å². The number of rotatable bonds is 3. The minimum Gasteiger partial charge on any atom is -0.321 e. The third-order valence-electron chi connectivity index (χ3n) is 4.26. The molecule has 4 heteroatoms. The minimum atomic E-state index is -0.00886. The largest absolute Gasteiger partial charge is 0.321 e. The van der Waals surface area contributed by atoms with E-state index in [1.54, 1.807) is 11.3 Å². The Hall–Kier alpha value is -1.91. The summed E-state index contributed by atoms with van der Waals surface area (Å²) in [6, 6.07) is 12.3. The number of nitrogens with one attached hydrogen (secondary N) is 1. The highest BCUT2D eigenvalue weighted by atomic mass is 32.1. The number of benzene rings is 1. The van der Waals surface area contributed by atoms with E-state index in [0.29, 0.717) is 0 Å². The van der Waals surface area contributed by atoms with Gasteiger partial charge in [0.15, 0.2) is 0 Å². The molecule has 23 heavy (non-hydrogen) atoms. The maximum atomic E-state index is 12.5. The van der Waals surface area contributed by atoms with Gasteiger partial charge in [-0.15, -0.1) is 22.7 Å². The standard InChI is InChI=1S/C19H17NOS2/c1-2-12-3-6-14(7-4-12)20-19(21)17-11-13-5-8-16-15(9-10-22-16)18(13)23-17/h3-4,6-7,9-11H,2,5,8H2,1H3,(H,20,21). The van der Waals surface area contributed by atoms with Crippen molar-refractivity contribution in [2.24, 2.45) is 0 Å². The molecular formula is C19H17NOS2. The number of carbonyl (C=O) groups excluding carboxylic acids is 1. The quantitative estimate of drug-likeness (QED) is 0.681. The number of carbonyl (C=O) groups is 1. The van der Waals surface area contributed by atoms with Crippen LogP contribution in [-0.4, -0.2) is 5.91 Å². The van der Waals surface area contributed by atoms with Gasteiger partial charge in [-0.1, -0.05) is 19.1 Å². The molecule has 0 spiro atoms. The molecule has 0 bridgehead atoms. The molecule has 1 aliphatic rings. The summed E-state index contributed by atoms with van der Waals surface area (Å²) < 4.78 is 0. The van der Waals surface area contributed by atoms with Crippen LogP contribution in [0.3, 0.4) is 0 Å². The highest BCUT2D eigenvalue weighted by molar-refractivity contribution is 7.18. The fourth-order valence-electron chi connectivity index (χ4n) is 2.96. The summed E-state index contributed by atoms with van der Waals surface area (Å²) >= 11 is 3.43. The van der Waals surface area contributed by atoms with E-state index in [-0.39, 0.29) is 5.91 Å². The minimum absolute atomic E-state index is 0.00886. The Bertz CT molecular complexity index is 858. The van der Waals surface area contributed by atoms with Crippen molar-refractivity contribution in [3.63, 3.8) is 0 Å². The molecule has 2 nitrogen and oxygen atoms in total. The maximum absolute atomic E-state index is 12.5. The molecule has 1 N–H and O–H groups in total. The van der Waals surface area contributed by atoms with E-state index >= 15 is 0 Å². The molecule has 0 atom stereocenters. The first kappa shape index (κ1) is 14.7. The number of anilines is 1. The zero-order valence-corrected chi connectivity index (χ0v) is 14.5. The maximum Gasteiger partial charge on any atom is 0.265 e. The van der Waals surface area contributed by atoms with Gasteiger partial charge in [0.25, 0.3) is 5.91 Å². The normalized spacial score (nSPS) is 12.6. The first-order valence-electron chi connectivity index (χ1n) is 7.84. The van der Waals surface area contributed by atoms with E-state index in [9.17, 15) is 4.79 Å². The van der Waals surface area contributed by atoms with Crippen molar-refractivity contribution >= 4 is 34.3 Å². The molecule has 2 heterocycles. The summed E-state index contributed by atoms with van der Waals surface area (Å²) in [6.45, 7) is 2.13. The van der Waals surface area contributed by atoms with Crippen LogP contribution < -0.4 is 5.32 Å². The molecule has 0 unspecified atom stereocenters. The van der Waals surface area contributed by atoms with E-state index in [0.717, 1.165) is 29.8 Å². The molecule has 4 rings (SSSR count). The summed E-state index contributed by atoms with van der Waals surface area (Å²) in [5.74, 6) is -0.00886. The molecule has 0 radical (unpaired) electrons. The van der Waals surface area contributed by atoms with Gasteiger partial charge in [-0.05, 0) is 60.0 Å². The van der Waals surface area contributed by atoms with E-state index in [2.05, 4.69) is 41.9 Å². The molecule has 1 aliphatic carbocycles. The van der Waals surface area contributed by atoms with Crippen LogP contribution in [0.4, 0.5) is 5.69 Å². The fraction of sp³-hybridized carbons (Fsp3) is 0.211. The zero-order valence-electron chi connectivity index (χ0n) is 12.9. The lowest BCUT2D eigenvalue weighted by atomic mass is 9.98. The molecule has 1 aromatic carbocycles. The number of hydrogen-bond acceptors (Lipinski definition) is 3. The Morgan fingerprint density at radius 3 is 2.78 bits per heavy atom. The summed E-state index contributed by atoms with van der Waals surface area (Å²) in [4.78, 5) is 16.1. The SMILES string of the molecule is CCc1ccc(NC(=O)c2cc3c(s2)-c2ccsc2CC3)cc1. The predicted octanol–water partition coefficient (Wildman–Crippen LogP) is 5.39. The Kier molecular flexibility index (Phi) is 3.79. The summed E-state index contributed by atoms with van der Waals surface area (Å²) in [5.41, 5.74) is 4.77. The summed E-state index contributed by atoms with van der Waals surface area (Å²) in [5, 5.41) is 5.16. The molecule has 1 amide bonds.